The third-order valence-corrected chi connectivity index (χ3v) is 4.89. The van der Waals surface area contributed by atoms with Crippen molar-refractivity contribution in [1.82, 2.24) is 0 Å². The standard InChI is InChI=1S/C11H23O5P/c1-9(2)16-11-7-10(5-6-15-11)8-17(12,13-3)14-4/h9-11H,5-8H2,1-4H3. The molecule has 1 fully saturated rings. The van der Waals surface area contributed by atoms with E-state index in [-0.39, 0.29) is 18.3 Å². The molecule has 0 amide bonds. The summed E-state index contributed by atoms with van der Waals surface area (Å²) in [5, 5.41) is 0. The van der Waals surface area contributed by atoms with Crippen molar-refractivity contribution >= 4 is 7.60 Å². The Kier molecular flexibility index (Phi) is 6.10. The van der Waals surface area contributed by atoms with Crippen LogP contribution in [0.5, 0.6) is 0 Å². The molecule has 1 heterocycles. The molecule has 1 rings (SSSR count). The van der Waals surface area contributed by atoms with Crippen LogP contribution < -0.4 is 0 Å². The van der Waals surface area contributed by atoms with E-state index in [0.29, 0.717) is 12.8 Å². The van der Waals surface area contributed by atoms with Crippen molar-refractivity contribution in [2.75, 3.05) is 27.0 Å². The predicted octanol–water partition coefficient (Wildman–Crippen LogP) is 2.65. The van der Waals surface area contributed by atoms with E-state index in [2.05, 4.69) is 0 Å². The SMILES string of the molecule is COP(=O)(CC1CCOC(OC(C)C)C1)OC. The monoisotopic (exact) mass is 266 g/mol. The van der Waals surface area contributed by atoms with Crippen molar-refractivity contribution in [2.45, 2.75) is 39.1 Å². The average Bonchev–Trinajstić information content (AvgIpc) is 2.28. The van der Waals surface area contributed by atoms with Crippen LogP contribution in [0, 0.1) is 5.92 Å². The van der Waals surface area contributed by atoms with Gasteiger partial charge in [-0.1, -0.05) is 0 Å². The second-order valence-electron chi connectivity index (χ2n) is 4.53. The molecular weight excluding hydrogens is 243 g/mol. The molecule has 0 aromatic heterocycles. The maximum atomic E-state index is 12.0. The smallest absolute Gasteiger partial charge is 0.330 e. The zero-order chi connectivity index (χ0) is 12.9. The minimum absolute atomic E-state index is 0.135. The first kappa shape index (κ1) is 15.1. The van der Waals surface area contributed by atoms with Crippen LogP contribution in [0.2, 0.25) is 0 Å². The summed E-state index contributed by atoms with van der Waals surface area (Å²) < 4.78 is 33.1. The molecule has 1 saturated heterocycles. The third-order valence-electron chi connectivity index (χ3n) is 2.82. The summed E-state index contributed by atoms with van der Waals surface area (Å²) in [4.78, 5) is 0. The first-order valence-corrected chi connectivity index (χ1v) is 7.69. The largest absolute Gasteiger partial charge is 0.353 e. The molecule has 6 heteroatoms. The second kappa shape index (κ2) is 6.86. The van der Waals surface area contributed by atoms with E-state index < -0.39 is 7.60 Å². The number of hydrogen-bond acceptors (Lipinski definition) is 5. The lowest BCUT2D eigenvalue weighted by molar-refractivity contribution is -0.189. The minimum atomic E-state index is -2.92. The Balaban J connectivity index is 2.46. The molecule has 5 nitrogen and oxygen atoms in total. The van der Waals surface area contributed by atoms with Crippen molar-refractivity contribution < 1.29 is 23.1 Å². The summed E-state index contributed by atoms with van der Waals surface area (Å²) in [5.41, 5.74) is 0. The maximum Gasteiger partial charge on any atom is 0.330 e. The molecule has 0 radical (unpaired) electrons. The van der Waals surface area contributed by atoms with Gasteiger partial charge in [-0.05, 0) is 26.2 Å². The van der Waals surface area contributed by atoms with Gasteiger partial charge in [0.05, 0.1) is 18.9 Å². The normalized spacial score (nSPS) is 26.4. The minimum Gasteiger partial charge on any atom is -0.353 e. The quantitative estimate of drug-likeness (QED) is 0.692. The number of rotatable bonds is 6. The highest BCUT2D eigenvalue weighted by atomic mass is 31.2. The molecule has 0 bridgehead atoms. The van der Waals surface area contributed by atoms with Crippen LogP contribution in [-0.2, 0) is 23.1 Å². The summed E-state index contributed by atoms with van der Waals surface area (Å²) >= 11 is 0. The zero-order valence-corrected chi connectivity index (χ0v) is 11.9. The first-order chi connectivity index (χ1) is 7.99. The summed E-state index contributed by atoms with van der Waals surface area (Å²) in [7, 11) is -0.0768. The lowest BCUT2D eigenvalue weighted by atomic mass is 10.0. The molecule has 0 aliphatic carbocycles. The molecule has 1 aliphatic heterocycles. The van der Waals surface area contributed by atoms with Gasteiger partial charge in [-0.25, -0.2) is 0 Å². The number of hydrogen-bond donors (Lipinski definition) is 0. The van der Waals surface area contributed by atoms with Crippen LogP contribution in [0.1, 0.15) is 26.7 Å². The van der Waals surface area contributed by atoms with Gasteiger partial charge in [0.1, 0.15) is 0 Å². The van der Waals surface area contributed by atoms with E-state index in [4.69, 9.17) is 18.5 Å². The molecule has 2 atom stereocenters. The Labute approximate surface area is 103 Å². The Hall–Kier alpha value is 0.0700. The number of ether oxygens (including phenoxy) is 2. The van der Waals surface area contributed by atoms with Crippen molar-refractivity contribution in [3.05, 3.63) is 0 Å². The molecule has 0 saturated carbocycles. The van der Waals surface area contributed by atoms with E-state index in [0.717, 1.165) is 12.8 Å². The van der Waals surface area contributed by atoms with Crippen LogP contribution in [0.15, 0.2) is 0 Å². The molecule has 1 aliphatic rings. The van der Waals surface area contributed by atoms with Gasteiger partial charge in [-0.3, -0.25) is 4.57 Å². The van der Waals surface area contributed by atoms with Crippen LogP contribution >= 0.6 is 7.60 Å². The summed E-state index contributed by atoms with van der Waals surface area (Å²) in [6.07, 6.45) is 1.98. The van der Waals surface area contributed by atoms with Crippen LogP contribution in [0.3, 0.4) is 0 Å². The molecule has 17 heavy (non-hydrogen) atoms. The fraction of sp³-hybridized carbons (Fsp3) is 1.00. The lowest BCUT2D eigenvalue weighted by Gasteiger charge is -2.31. The average molecular weight is 266 g/mol. The van der Waals surface area contributed by atoms with Crippen LogP contribution in [0.4, 0.5) is 0 Å². The Morgan fingerprint density at radius 3 is 2.53 bits per heavy atom. The van der Waals surface area contributed by atoms with Gasteiger partial charge in [0, 0.05) is 20.6 Å². The van der Waals surface area contributed by atoms with Crippen molar-refractivity contribution in [3.8, 4) is 0 Å². The molecule has 102 valence electrons. The van der Waals surface area contributed by atoms with E-state index >= 15 is 0 Å². The van der Waals surface area contributed by atoms with Gasteiger partial charge in [0.15, 0.2) is 6.29 Å². The third kappa shape index (κ3) is 5.06. The Bertz CT molecular complexity index is 261. The summed E-state index contributed by atoms with van der Waals surface area (Å²) in [5.74, 6) is 0.262. The summed E-state index contributed by atoms with van der Waals surface area (Å²) in [6.45, 7) is 4.58. The first-order valence-electron chi connectivity index (χ1n) is 5.96. The maximum absolute atomic E-state index is 12.0. The topological polar surface area (TPSA) is 54.0 Å². The fourth-order valence-electron chi connectivity index (χ4n) is 1.93. The van der Waals surface area contributed by atoms with Crippen molar-refractivity contribution in [3.63, 3.8) is 0 Å². The molecule has 0 aromatic rings. The highest BCUT2D eigenvalue weighted by Gasteiger charge is 2.31. The molecule has 0 aromatic carbocycles. The van der Waals surface area contributed by atoms with E-state index in [9.17, 15) is 4.57 Å². The zero-order valence-electron chi connectivity index (χ0n) is 11.0. The van der Waals surface area contributed by atoms with Crippen LogP contribution in [0.25, 0.3) is 0 Å². The predicted molar refractivity (Wildman–Crippen MR) is 65.2 cm³/mol. The van der Waals surface area contributed by atoms with Gasteiger partial charge in [-0.15, -0.1) is 0 Å². The highest BCUT2D eigenvalue weighted by Crippen LogP contribution is 2.49. The van der Waals surface area contributed by atoms with E-state index in [1.54, 1.807) is 0 Å². The molecular formula is C11H23O5P. The van der Waals surface area contributed by atoms with Gasteiger partial charge in [-0.2, -0.15) is 0 Å². The molecule has 2 unspecified atom stereocenters. The van der Waals surface area contributed by atoms with Crippen LogP contribution in [-0.4, -0.2) is 39.4 Å². The lowest BCUT2D eigenvalue weighted by Crippen LogP contribution is -2.31. The van der Waals surface area contributed by atoms with Gasteiger partial charge in [0.25, 0.3) is 0 Å². The molecule has 0 N–H and O–H groups in total. The van der Waals surface area contributed by atoms with E-state index in [1.165, 1.54) is 14.2 Å². The van der Waals surface area contributed by atoms with E-state index in [1.807, 2.05) is 13.8 Å². The fourth-order valence-corrected chi connectivity index (χ4v) is 3.34. The van der Waals surface area contributed by atoms with Gasteiger partial charge >= 0.3 is 7.60 Å². The highest BCUT2D eigenvalue weighted by molar-refractivity contribution is 7.53. The van der Waals surface area contributed by atoms with Crippen molar-refractivity contribution in [1.29, 1.82) is 0 Å². The van der Waals surface area contributed by atoms with Gasteiger partial charge < -0.3 is 18.5 Å². The Morgan fingerprint density at radius 1 is 1.35 bits per heavy atom. The van der Waals surface area contributed by atoms with Gasteiger partial charge in [0.2, 0.25) is 0 Å². The summed E-state index contributed by atoms with van der Waals surface area (Å²) in [6, 6.07) is 0. The Morgan fingerprint density at radius 2 is 2.00 bits per heavy atom. The second-order valence-corrected chi connectivity index (χ2v) is 6.85. The van der Waals surface area contributed by atoms with Crippen molar-refractivity contribution in [2.24, 2.45) is 5.92 Å². The molecule has 0 spiro atoms.